The minimum Gasteiger partial charge on any atom is -0.459 e. The summed E-state index contributed by atoms with van der Waals surface area (Å²) in [5.74, 6) is -0.258. The number of carbonyl (C=O) groups excluding carboxylic acids is 1. The molecular weight excluding hydrogens is 456 g/mol. The SMILES string of the molecule is CC(C)(C)CC(C(=O)OC(C)(C)CCOC(C)(C)c1ccc(C(C)(C)c2ccccc2)cc1)C(C)(C)C. The quantitative estimate of drug-likeness (QED) is 0.300. The molecule has 37 heavy (non-hydrogen) atoms. The first-order valence-corrected chi connectivity index (χ1v) is 13.8. The lowest BCUT2D eigenvalue weighted by Gasteiger charge is -2.37. The molecule has 0 heterocycles. The van der Waals surface area contributed by atoms with Crippen LogP contribution < -0.4 is 0 Å². The van der Waals surface area contributed by atoms with Crippen LogP contribution in [0.25, 0.3) is 0 Å². The standard InChI is InChI=1S/C34H52O3/c1-30(2,3)24-28(31(4,5)6)29(35)37-32(7,8)22-23-36-34(11,12)27-20-18-26(19-21-27)33(9,10)25-16-14-13-15-17-25/h13-21,28H,22-24H2,1-12H3. The number of hydrogen-bond donors (Lipinski definition) is 0. The third-order valence-corrected chi connectivity index (χ3v) is 7.49. The summed E-state index contributed by atoms with van der Waals surface area (Å²) in [4.78, 5) is 13.2. The van der Waals surface area contributed by atoms with E-state index in [9.17, 15) is 4.79 Å². The Hall–Kier alpha value is -2.13. The zero-order valence-corrected chi connectivity index (χ0v) is 25.6. The van der Waals surface area contributed by atoms with Crippen molar-refractivity contribution in [2.24, 2.45) is 16.7 Å². The van der Waals surface area contributed by atoms with Crippen LogP contribution in [0, 0.1) is 16.7 Å². The van der Waals surface area contributed by atoms with E-state index in [1.165, 1.54) is 11.1 Å². The lowest BCUT2D eigenvalue weighted by atomic mass is 9.72. The molecule has 2 aromatic rings. The molecule has 0 fully saturated rings. The van der Waals surface area contributed by atoms with Crippen LogP contribution in [0.5, 0.6) is 0 Å². The van der Waals surface area contributed by atoms with Gasteiger partial charge in [-0.05, 0) is 61.6 Å². The van der Waals surface area contributed by atoms with Crippen molar-refractivity contribution >= 4 is 5.97 Å². The summed E-state index contributed by atoms with van der Waals surface area (Å²) in [5, 5.41) is 0. The maximum absolute atomic E-state index is 13.2. The average molecular weight is 509 g/mol. The second kappa shape index (κ2) is 11.3. The highest BCUT2D eigenvalue weighted by atomic mass is 16.6. The van der Waals surface area contributed by atoms with E-state index in [1.54, 1.807) is 0 Å². The van der Waals surface area contributed by atoms with Gasteiger partial charge in [-0.1, -0.05) is 110 Å². The van der Waals surface area contributed by atoms with E-state index in [2.05, 4.69) is 124 Å². The summed E-state index contributed by atoms with van der Waals surface area (Å²) in [5.41, 5.74) is 2.49. The van der Waals surface area contributed by atoms with Crippen molar-refractivity contribution in [1.82, 2.24) is 0 Å². The molecule has 3 heteroatoms. The third kappa shape index (κ3) is 8.99. The molecule has 0 saturated carbocycles. The van der Waals surface area contributed by atoms with Crippen LogP contribution in [-0.4, -0.2) is 18.2 Å². The summed E-state index contributed by atoms with van der Waals surface area (Å²) >= 11 is 0. The number of rotatable bonds is 10. The highest BCUT2D eigenvalue weighted by Gasteiger charge is 2.38. The van der Waals surface area contributed by atoms with Crippen molar-refractivity contribution in [2.45, 2.75) is 113 Å². The van der Waals surface area contributed by atoms with E-state index in [0.717, 1.165) is 12.0 Å². The van der Waals surface area contributed by atoms with E-state index >= 15 is 0 Å². The van der Waals surface area contributed by atoms with Crippen molar-refractivity contribution in [3.05, 3.63) is 71.3 Å². The van der Waals surface area contributed by atoms with E-state index in [0.29, 0.717) is 13.0 Å². The molecule has 2 rings (SSSR count). The van der Waals surface area contributed by atoms with Gasteiger partial charge >= 0.3 is 5.97 Å². The summed E-state index contributed by atoms with van der Waals surface area (Å²) in [6.45, 7) is 26.1. The molecule has 0 radical (unpaired) electrons. The number of carbonyl (C=O) groups is 1. The Morgan fingerprint density at radius 2 is 1.19 bits per heavy atom. The first-order valence-electron chi connectivity index (χ1n) is 13.8. The molecule has 0 saturated heterocycles. The van der Waals surface area contributed by atoms with Gasteiger partial charge in [0.05, 0.1) is 18.1 Å². The summed E-state index contributed by atoms with van der Waals surface area (Å²) in [6.07, 6.45) is 1.43. The van der Waals surface area contributed by atoms with Gasteiger partial charge in [0.15, 0.2) is 0 Å². The zero-order chi connectivity index (χ0) is 28.3. The molecule has 3 nitrogen and oxygen atoms in total. The fraction of sp³-hybridized carbons (Fsp3) is 0.618. The number of benzene rings is 2. The van der Waals surface area contributed by atoms with Crippen LogP contribution in [0.1, 0.15) is 113 Å². The molecule has 0 bridgehead atoms. The normalized spacial score (nSPS) is 14.4. The Morgan fingerprint density at radius 1 is 0.703 bits per heavy atom. The highest BCUT2D eigenvalue weighted by Crippen LogP contribution is 2.38. The van der Waals surface area contributed by atoms with Gasteiger partial charge < -0.3 is 9.47 Å². The lowest BCUT2D eigenvalue weighted by Crippen LogP contribution is -2.39. The Bertz CT molecular complexity index is 1000. The molecule has 2 aromatic carbocycles. The van der Waals surface area contributed by atoms with Crippen LogP contribution in [0.3, 0.4) is 0 Å². The van der Waals surface area contributed by atoms with Crippen molar-refractivity contribution in [1.29, 1.82) is 0 Å². The van der Waals surface area contributed by atoms with Gasteiger partial charge in [-0.15, -0.1) is 0 Å². The third-order valence-electron chi connectivity index (χ3n) is 7.49. The van der Waals surface area contributed by atoms with Crippen molar-refractivity contribution in [3.63, 3.8) is 0 Å². The van der Waals surface area contributed by atoms with Gasteiger partial charge in [0.2, 0.25) is 0 Å². The van der Waals surface area contributed by atoms with Gasteiger partial charge in [-0.2, -0.15) is 0 Å². The second-order valence-electron chi connectivity index (χ2n) is 14.5. The molecule has 0 aliphatic heterocycles. The predicted octanol–water partition coefficient (Wildman–Crippen LogP) is 9.07. The molecule has 0 amide bonds. The largest absolute Gasteiger partial charge is 0.459 e. The molecule has 0 spiro atoms. The van der Waals surface area contributed by atoms with Crippen LogP contribution in [0.2, 0.25) is 0 Å². The summed E-state index contributed by atoms with van der Waals surface area (Å²) < 4.78 is 12.4. The van der Waals surface area contributed by atoms with Gasteiger partial charge in [-0.3, -0.25) is 4.79 Å². The minimum atomic E-state index is -0.599. The Labute approximate surface area is 227 Å². The fourth-order valence-electron chi connectivity index (χ4n) is 4.69. The average Bonchev–Trinajstić information content (AvgIpc) is 2.76. The van der Waals surface area contributed by atoms with E-state index in [-0.39, 0.29) is 28.1 Å². The monoisotopic (exact) mass is 508 g/mol. The molecule has 1 atom stereocenters. The lowest BCUT2D eigenvalue weighted by molar-refractivity contribution is -0.169. The molecule has 1 unspecified atom stereocenters. The molecule has 206 valence electrons. The maximum Gasteiger partial charge on any atom is 0.310 e. The van der Waals surface area contributed by atoms with Crippen LogP contribution in [-0.2, 0) is 25.3 Å². The number of ether oxygens (including phenoxy) is 2. The summed E-state index contributed by atoms with van der Waals surface area (Å²) in [7, 11) is 0. The zero-order valence-electron chi connectivity index (χ0n) is 25.6. The molecule has 0 aliphatic carbocycles. The van der Waals surface area contributed by atoms with E-state index < -0.39 is 11.2 Å². The predicted molar refractivity (Wildman–Crippen MR) is 156 cm³/mol. The van der Waals surface area contributed by atoms with E-state index in [1.807, 2.05) is 13.8 Å². The number of esters is 1. The van der Waals surface area contributed by atoms with Crippen LogP contribution >= 0.6 is 0 Å². The topological polar surface area (TPSA) is 35.5 Å². The van der Waals surface area contributed by atoms with Gasteiger partial charge in [0.1, 0.15) is 5.60 Å². The van der Waals surface area contributed by atoms with Gasteiger partial charge in [0, 0.05) is 11.8 Å². The number of hydrogen-bond acceptors (Lipinski definition) is 3. The Kier molecular flexibility index (Phi) is 9.51. The molecule has 0 aliphatic rings. The maximum atomic E-state index is 13.2. The van der Waals surface area contributed by atoms with Crippen molar-refractivity contribution in [3.8, 4) is 0 Å². The van der Waals surface area contributed by atoms with Gasteiger partial charge in [-0.25, -0.2) is 0 Å². The Balaban J connectivity index is 2.02. The molecular formula is C34H52O3. The minimum absolute atomic E-state index is 0.0557. The first kappa shape index (κ1) is 31.1. The van der Waals surface area contributed by atoms with E-state index in [4.69, 9.17) is 9.47 Å². The van der Waals surface area contributed by atoms with Crippen molar-refractivity contribution < 1.29 is 14.3 Å². The fourth-order valence-corrected chi connectivity index (χ4v) is 4.69. The van der Waals surface area contributed by atoms with Crippen molar-refractivity contribution in [2.75, 3.05) is 6.61 Å². The smallest absolute Gasteiger partial charge is 0.310 e. The van der Waals surface area contributed by atoms with Crippen LogP contribution in [0.15, 0.2) is 54.6 Å². The van der Waals surface area contributed by atoms with Crippen LogP contribution in [0.4, 0.5) is 0 Å². The first-order chi connectivity index (χ1) is 16.7. The second-order valence-corrected chi connectivity index (χ2v) is 14.5. The highest BCUT2D eigenvalue weighted by molar-refractivity contribution is 5.73. The Morgan fingerprint density at radius 3 is 1.68 bits per heavy atom. The molecule has 0 aromatic heterocycles. The van der Waals surface area contributed by atoms with Gasteiger partial charge in [0.25, 0.3) is 0 Å². The molecule has 0 N–H and O–H groups in total. The summed E-state index contributed by atoms with van der Waals surface area (Å²) in [6, 6.07) is 19.4.